The second kappa shape index (κ2) is 6.59. The first-order valence-corrected chi connectivity index (χ1v) is 5.57. The Balaban J connectivity index is 4.66. The maximum atomic E-state index is 11.5. The molecule has 2 unspecified atom stereocenters. The third-order valence-electron chi connectivity index (χ3n) is 2.48. The standard InChI is InChI=1S/C12H22O3/c1-6-7-11(15-10(5)14)12(8(2)3)9(4)13/h8,11-12H,6-7H2,1-5H3. The lowest BCUT2D eigenvalue weighted by atomic mass is 9.85. The maximum absolute atomic E-state index is 11.5. The molecular weight excluding hydrogens is 192 g/mol. The van der Waals surface area contributed by atoms with Crippen molar-refractivity contribution in [1.82, 2.24) is 0 Å². The fourth-order valence-electron chi connectivity index (χ4n) is 1.97. The Labute approximate surface area is 92.2 Å². The zero-order valence-corrected chi connectivity index (χ0v) is 10.4. The summed E-state index contributed by atoms with van der Waals surface area (Å²) in [5.74, 6) is -0.169. The monoisotopic (exact) mass is 214 g/mol. The van der Waals surface area contributed by atoms with Crippen molar-refractivity contribution in [1.29, 1.82) is 0 Å². The van der Waals surface area contributed by atoms with Gasteiger partial charge in [0.2, 0.25) is 0 Å². The molecule has 0 radical (unpaired) electrons. The van der Waals surface area contributed by atoms with Gasteiger partial charge in [-0.3, -0.25) is 9.59 Å². The third-order valence-corrected chi connectivity index (χ3v) is 2.48. The maximum Gasteiger partial charge on any atom is 0.302 e. The second-order valence-electron chi connectivity index (χ2n) is 4.32. The van der Waals surface area contributed by atoms with Crippen LogP contribution in [0.15, 0.2) is 0 Å². The molecule has 0 fully saturated rings. The summed E-state index contributed by atoms with van der Waals surface area (Å²) in [6, 6.07) is 0. The summed E-state index contributed by atoms with van der Waals surface area (Å²) in [5.41, 5.74) is 0. The van der Waals surface area contributed by atoms with E-state index in [1.807, 2.05) is 20.8 Å². The first kappa shape index (κ1) is 14.1. The lowest BCUT2D eigenvalue weighted by Crippen LogP contribution is -2.34. The van der Waals surface area contributed by atoms with E-state index in [1.54, 1.807) is 6.92 Å². The van der Waals surface area contributed by atoms with Crippen molar-refractivity contribution in [3.05, 3.63) is 0 Å². The Hall–Kier alpha value is -0.860. The number of rotatable bonds is 6. The predicted octanol–water partition coefficient (Wildman–Crippen LogP) is 2.58. The molecule has 3 heteroatoms. The predicted molar refractivity (Wildman–Crippen MR) is 59.5 cm³/mol. The molecule has 0 aromatic carbocycles. The summed E-state index contributed by atoms with van der Waals surface area (Å²) in [6.45, 7) is 8.95. The first-order chi connectivity index (χ1) is 6.90. The van der Waals surface area contributed by atoms with Gasteiger partial charge in [0.05, 0.1) is 5.92 Å². The molecule has 0 aliphatic carbocycles. The van der Waals surface area contributed by atoms with Crippen LogP contribution in [0.4, 0.5) is 0 Å². The van der Waals surface area contributed by atoms with Crippen LogP contribution in [0.1, 0.15) is 47.5 Å². The van der Waals surface area contributed by atoms with E-state index < -0.39 is 0 Å². The van der Waals surface area contributed by atoms with E-state index in [1.165, 1.54) is 6.92 Å². The van der Waals surface area contributed by atoms with E-state index in [2.05, 4.69) is 0 Å². The molecule has 0 amide bonds. The highest BCUT2D eigenvalue weighted by Gasteiger charge is 2.30. The van der Waals surface area contributed by atoms with Crippen LogP contribution in [0.5, 0.6) is 0 Å². The van der Waals surface area contributed by atoms with E-state index in [4.69, 9.17) is 4.74 Å². The second-order valence-corrected chi connectivity index (χ2v) is 4.32. The smallest absolute Gasteiger partial charge is 0.302 e. The van der Waals surface area contributed by atoms with Crippen molar-refractivity contribution in [3.63, 3.8) is 0 Å². The summed E-state index contributed by atoms with van der Waals surface area (Å²) in [5, 5.41) is 0. The van der Waals surface area contributed by atoms with Gasteiger partial charge in [-0.2, -0.15) is 0 Å². The van der Waals surface area contributed by atoms with Crippen molar-refractivity contribution >= 4 is 11.8 Å². The van der Waals surface area contributed by atoms with Crippen molar-refractivity contribution < 1.29 is 14.3 Å². The van der Waals surface area contributed by atoms with Gasteiger partial charge in [0.1, 0.15) is 11.9 Å². The molecule has 0 aromatic rings. The molecule has 3 nitrogen and oxygen atoms in total. The Kier molecular flexibility index (Phi) is 6.21. The molecule has 0 spiro atoms. The molecule has 0 saturated heterocycles. The Morgan fingerprint density at radius 1 is 1.20 bits per heavy atom. The van der Waals surface area contributed by atoms with Gasteiger partial charge < -0.3 is 4.74 Å². The lowest BCUT2D eigenvalue weighted by Gasteiger charge is -2.27. The number of carbonyl (C=O) groups excluding carboxylic acids is 2. The quantitative estimate of drug-likeness (QED) is 0.638. The lowest BCUT2D eigenvalue weighted by molar-refractivity contribution is -0.152. The molecule has 0 saturated carbocycles. The van der Waals surface area contributed by atoms with E-state index in [9.17, 15) is 9.59 Å². The van der Waals surface area contributed by atoms with Gasteiger partial charge in [0, 0.05) is 6.92 Å². The molecule has 0 heterocycles. The van der Waals surface area contributed by atoms with Crippen LogP contribution in [0.3, 0.4) is 0 Å². The molecule has 0 N–H and O–H groups in total. The molecule has 0 rings (SSSR count). The summed E-state index contributed by atoms with van der Waals surface area (Å²) < 4.78 is 5.22. The number of hydrogen-bond donors (Lipinski definition) is 0. The normalized spacial score (nSPS) is 14.8. The van der Waals surface area contributed by atoms with Crippen molar-refractivity contribution in [3.8, 4) is 0 Å². The molecule has 0 aromatic heterocycles. The van der Waals surface area contributed by atoms with Crippen LogP contribution in [-0.4, -0.2) is 17.9 Å². The zero-order valence-electron chi connectivity index (χ0n) is 10.4. The molecule has 2 atom stereocenters. The van der Waals surface area contributed by atoms with Gasteiger partial charge in [-0.1, -0.05) is 27.2 Å². The van der Waals surface area contributed by atoms with Crippen molar-refractivity contribution in [2.75, 3.05) is 0 Å². The molecule has 15 heavy (non-hydrogen) atoms. The highest BCUT2D eigenvalue weighted by molar-refractivity contribution is 5.79. The first-order valence-electron chi connectivity index (χ1n) is 5.57. The number of hydrogen-bond acceptors (Lipinski definition) is 3. The average Bonchev–Trinajstić information content (AvgIpc) is 2.01. The van der Waals surface area contributed by atoms with Gasteiger partial charge in [-0.05, 0) is 19.3 Å². The minimum absolute atomic E-state index is 0.102. The molecule has 0 aliphatic heterocycles. The van der Waals surface area contributed by atoms with Gasteiger partial charge in [-0.15, -0.1) is 0 Å². The number of Topliss-reactive ketones (excluding diaryl/α,β-unsaturated/α-hetero) is 1. The highest BCUT2D eigenvalue weighted by Crippen LogP contribution is 2.23. The number of esters is 1. The number of carbonyl (C=O) groups is 2. The Morgan fingerprint density at radius 2 is 1.73 bits per heavy atom. The van der Waals surface area contributed by atoms with Crippen LogP contribution >= 0.6 is 0 Å². The van der Waals surface area contributed by atoms with Gasteiger partial charge >= 0.3 is 5.97 Å². The van der Waals surface area contributed by atoms with Crippen LogP contribution in [0.2, 0.25) is 0 Å². The highest BCUT2D eigenvalue weighted by atomic mass is 16.5. The topological polar surface area (TPSA) is 43.4 Å². The van der Waals surface area contributed by atoms with E-state index >= 15 is 0 Å². The molecule has 88 valence electrons. The molecule has 0 aliphatic rings. The van der Waals surface area contributed by atoms with Gasteiger partial charge in [-0.25, -0.2) is 0 Å². The average molecular weight is 214 g/mol. The van der Waals surface area contributed by atoms with Crippen molar-refractivity contribution in [2.24, 2.45) is 11.8 Å². The summed E-state index contributed by atoms with van der Waals surface area (Å²) in [4.78, 5) is 22.4. The number of ketones is 1. The third kappa shape index (κ3) is 4.96. The fraction of sp³-hybridized carbons (Fsp3) is 0.833. The molecular formula is C12H22O3. The summed E-state index contributed by atoms with van der Waals surface area (Å²) >= 11 is 0. The Morgan fingerprint density at radius 3 is 2.00 bits per heavy atom. The zero-order chi connectivity index (χ0) is 12.0. The van der Waals surface area contributed by atoms with E-state index in [0.717, 1.165) is 12.8 Å². The van der Waals surface area contributed by atoms with Crippen LogP contribution in [0, 0.1) is 11.8 Å². The van der Waals surface area contributed by atoms with Gasteiger partial charge in [0.15, 0.2) is 0 Å². The van der Waals surface area contributed by atoms with E-state index in [0.29, 0.717) is 0 Å². The summed E-state index contributed by atoms with van der Waals surface area (Å²) in [7, 11) is 0. The van der Waals surface area contributed by atoms with Gasteiger partial charge in [0.25, 0.3) is 0 Å². The van der Waals surface area contributed by atoms with Crippen molar-refractivity contribution in [2.45, 2.75) is 53.6 Å². The fourth-order valence-corrected chi connectivity index (χ4v) is 1.97. The van der Waals surface area contributed by atoms with Crippen LogP contribution in [0.25, 0.3) is 0 Å². The number of ether oxygens (including phenoxy) is 1. The Bertz CT molecular complexity index is 221. The molecule has 0 bridgehead atoms. The van der Waals surface area contributed by atoms with E-state index in [-0.39, 0.29) is 29.7 Å². The SMILES string of the molecule is CCCC(OC(C)=O)C(C(C)=O)C(C)C. The minimum Gasteiger partial charge on any atom is -0.462 e. The minimum atomic E-state index is -0.305. The van der Waals surface area contributed by atoms with Crippen LogP contribution in [-0.2, 0) is 14.3 Å². The largest absolute Gasteiger partial charge is 0.462 e. The van der Waals surface area contributed by atoms with Crippen LogP contribution < -0.4 is 0 Å². The summed E-state index contributed by atoms with van der Waals surface area (Å²) in [6.07, 6.45) is 1.40.